The molecule has 1 aromatic heterocycles. The summed E-state index contributed by atoms with van der Waals surface area (Å²) < 4.78 is 5.66. The number of aromatic nitrogens is 1. The number of ether oxygens (including phenoxy) is 1. The van der Waals surface area contributed by atoms with Gasteiger partial charge in [0.1, 0.15) is 6.61 Å². The molecule has 1 N–H and O–H groups in total. The lowest BCUT2D eigenvalue weighted by atomic mass is 10.1. The highest BCUT2D eigenvalue weighted by Crippen LogP contribution is 2.19. The number of hydrogen-bond donors (Lipinski definition) is 1. The van der Waals surface area contributed by atoms with Gasteiger partial charge in [-0.3, -0.25) is 4.98 Å². The molecule has 0 saturated carbocycles. The number of alkyl carbamates (subject to hydrolysis) is 1. The molecule has 68 valence electrons. The van der Waals surface area contributed by atoms with Crippen molar-refractivity contribution in [2.45, 2.75) is 6.04 Å². The Hall–Kier alpha value is -1.10. The second-order valence-corrected chi connectivity index (χ2v) is 3.65. The fraction of sp³-hybridized carbons (Fsp3) is 0.250. The minimum atomic E-state index is -0.370. The highest BCUT2D eigenvalue weighted by atomic mass is 79.9. The van der Waals surface area contributed by atoms with E-state index in [0.29, 0.717) is 6.61 Å². The number of nitrogens with zero attached hydrogens (tertiary/aromatic N) is 1. The first-order valence-electron chi connectivity index (χ1n) is 3.79. The van der Waals surface area contributed by atoms with Gasteiger partial charge in [0, 0.05) is 16.9 Å². The first kappa shape index (κ1) is 8.50. The molecular formula is C8H7BrN2O2. The number of hydrogen-bond acceptors (Lipinski definition) is 3. The minimum absolute atomic E-state index is 0.0718. The van der Waals surface area contributed by atoms with Crippen molar-refractivity contribution in [1.82, 2.24) is 10.3 Å². The maximum Gasteiger partial charge on any atom is 0.407 e. The average molecular weight is 243 g/mol. The van der Waals surface area contributed by atoms with Crippen LogP contribution in [-0.2, 0) is 4.74 Å². The zero-order valence-electron chi connectivity index (χ0n) is 6.66. The SMILES string of the molecule is O=C1NC(c2cncc(Br)c2)CO1. The van der Waals surface area contributed by atoms with Crippen molar-refractivity contribution in [3.8, 4) is 0 Å². The first-order chi connectivity index (χ1) is 6.25. The van der Waals surface area contributed by atoms with Gasteiger partial charge < -0.3 is 10.1 Å². The molecule has 1 aromatic rings. The van der Waals surface area contributed by atoms with E-state index in [9.17, 15) is 4.79 Å². The third-order valence-corrected chi connectivity index (χ3v) is 2.24. The van der Waals surface area contributed by atoms with Gasteiger partial charge in [0.15, 0.2) is 0 Å². The van der Waals surface area contributed by atoms with Crippen molar-refractivity contribution < 1.29 is 9.53 Å². The zero-order chi connectivity index (χ0) is 9.26. The van der Waals surface area contributed by atoms with Gasteiger partial charge in [0.25, 0.3) is 0 Å². The van der Waals surface area contributed by atoms with E-state index in [4.69, 9.17) is 4.74 Å². The van der Waals surface area contributed by atoms with Gasteiger partial charge in [-0.15, -0.1) is 0 Å². The number of rotatable bonds is 1. The fourth-order valence-electron chi connectivity index (χ4n) is 1.18. The lowest BCUT2D eigenvalue weighted by molar-refractivity contribution is 0.177. The van der Waals surface area contributed by atoms with Crippen LogP contribution in [0.5, 0.6) is 0 Å². The Morgan fingerprint density at radius 2 is 2.46 bits per heavy atom. The molecule has 5 heteroatoms. The predicted molar refractivity (Wildman–Crippen MR) is 49.2 cm³/mol. The van der Waals surface area contributed by atoms with Crippen LogP contribution in [0.1, 0.15) is 11.6 Å². The van der Waals surface area contributed by atoms with Crippen molar-refractivity contribution in [3.05, 3.63) is 28.5 Å². The van der Waals surface area contributed by atoms with Crippen LogP contribution < -0.4 is 5.32 Å². The van der Waals surface area contributed by atoms with Gasteiger partial charge in [-0.1, -0.05) is 0 Å². The van der Waals surface area contributed by atoms with Crippen molar-refractivity contribution in [2.75, 3.05) is 6.61 Å². The van der Waals surface area contributed by atoms with E-state index >= 15 is 0 Å². The van der Waals surface area contributed by atoms with Gasteiger partial charge in [-0.25, -0.2) is 4.79 Å². The summed E-state index contributed by atoms with van der Waals surface area (Å²) in [7, 11) is 0. The number of halogens is 1. The third kappa shape index (κ3) is 1.80. The van der Waals surface area contributed by atoms with E-state index in [-0.39, 0.29) is 12.1 Å². The molecule has 2 rings (SSSR count). The second-order valence-electron chi connectivity index (χ2n) is 2.73. The summed E-state index contributed by atoms with van der Waals surface area (Å²) >= 11 is 3.31. The number of amides is 1. The Balaban J connectivity index is 2.21. The minimum Gasteiger partial charge on any atom is -0.447 e. The molecule has 1 amide bonds. The number of nitrogens with one attached hydrogen (secondary N) is 1. The molecule has 13 heavy (non-hydrogen) atoms. The molecule has 1 aliphatic heterocycles. The van der Waals surface area contributed by atoms with E-state index in [2.05, 4.69) is 26.2 Å². The van der Waals surface area contributed by atoms with Crippen molar-refractivity contribution >= 4 is 22.0 Å². The fourth-order valence-corrected chi connectivity index (χ4v) is 1.57. The Morgan fingerprint density at radius 1 is 1.62 bits per heavy atom. The Kier molecular flexibility index (Phi) is 2.18. The Morgan fingerprint density at radius 3 is 3.08 bits per heavy atom. The molecule has 0 bridgehead atoms. The zero-order valence-corrected chi connectivity index (χ0v) is 8.24. The van der Waals surface area contributed by atoms with Crippen LogP contribution in [-0.4, -0.2) is 17.7 Å². The third-order valence-electron chi connectivity index (χ3n) is 1.80. The van der Waals surface area contributed by atoms with Gasteiger partial charge in [-0.2, -0.15) is 0 Å². The normalized spacial score (nSPS) is 21.0. The van der Waals surface area contributed by atoms with E-state index in [1.807, 2.05) is 6.07 Å². The lowest BCUT2D eigenvalue weighted by Crippen LogP contribution is -2.18. The molecule has 1 atom stereocenters. The van der Waals surface area contributed by atoms with E-state index in [0.717, 1.165) is 10.0 Å². The molecule has 1 unspecified atom stereocenters. The van der Waals surface area contributed by atoms with Crippen molar-refractivity contribution in [3.63, 3.8) is 0 Å². The van der Waals surface area contributed by atoms with Crippen molar-refractivity contribution in [1.29, 1.82) is 0 Å². The first-order valence-corrected chi connectivity index (χ1v) is 4.59. The van der Waals surface area contributed by atoms with E-state index < -0.39 is 0 Å². The molecule has 1 saturated heterocycles. The lowest BCUT2D eigenvalue weighted by Gasteiger charge is -2.06. The molecule has 1 aliphatic rings. The van der Waals surface area contributed by atoms with Gasteiger partial charge >= 0.3 is 6.09 Å². The average Bonchev–Trinajstić information content (AvgIpc) is 2.52. The van der Waals surface area contributed by atoms with Crippen LogP contribution in [0.3, 0.4) is 0 Å². The predicted octanol–water partition coefficient (Wildman–Crippen LogP) is 1.63. The number of cyclic esters (lactones) is 1. The number of pyridine rings is 1. The maximum absolute atomic E-state index is 10.7. The van der Waals surface area contributed by atoms with E-state index in [1.165, 1.54) is 0 Å². The molecule has 0 aromatic carbocycles. The van der Waals surface area contributed by atoms with Crippen LogP contribution in [0, 0.1) is 0 Å². The Labute approximate surface area is 83.4 Å². The summed E-state index contributed by atoms with van der Waals surface area (Å²) in [5.41, 5.74) is 0.945. The van der Waals surface area contributed by atoms with Crippen LogP contribution in [0.25, 0.3) is 0 Å². The topological polar surface area (TPSA) is 51.2 Å². The monoisotopic (exact) mass is 242 g/mol. The Bertz CT molecular complexity index is 343. The van der Waals surface area contributed by atoms with Crippen LogP contribution in [0.4, 0.5) is 4.79 Å². The summed E-state index contributed by atoms with van der Waals surface area (Å²) in [6, 6.07) is 1.84. The molecular weight excluding hydrogens is 236 g/mol. The van der Waals surface area contributed by atoms with Crippen LogP contribution in [0.15, 0.2) is 22.9 Å². The van der Waals surface area contributed by atoms with Crippen LogP contribution in [0.2, 0.25) is 0 Å². The quantitative estimate of drug-likeness (QED) is 0.815. The summed E-state index contributed by atoms with van der Waals surface area (Å²) in [5, 5.41) is 2.68. The summed E-state index contributed by atoms with van der Waals surface area (Å²) in [4.78, 5) is 14.7. The summed E-state index contributed by atoms with van der Waals surface area (Å²) in [5.74, 6) is 0. The highest BCUT2D eigenvalue weighted by molar-refractivity contribution is 9.10. The largest absolute Gasteiger partial charge is 0.447 e. The highest BCUT2D eigenvalue weighted by Gasteiger charge is 2.23. The summed E-state index contributed by atoms with van der Waals surface area (Å²) in [6.07, 6.45) is 3.04. The van der Waals surface area contributed by atoms with E-state index in [1.54, 1.807) is 12.4 Å². The maximum atomic E-state index is 10.7. The van der Waals surface area contributed by atoms with Crippen LogP contribution >= 0.6 is 15.9 Å². The van der Waals surface area contributed by atoms with Crippen molar-refractivity contribution in [2.24, 2.45) is 0 Å². The molecule has 4 nitrogen and oxygen atoms in total. The van der Waals surface area contributed by atoms with Gasteiger partial charge in [0.05, 0.1) is 6.04 Å². The smallest absolute Gasteiger partial charge is 0.407 e. The summed E-state index contributed by atoms with van der Waals surface area (Å²) in [6.45, 7) is 0.372. The molecule has 0 radical (unpaired) electrons. The number of carbonyl (C=O) groups excluding carboxylic acids is 1. The standard InChI is InChI=1S/C8H7BrN2O2/c9-6-1-5(2-10-3-6)7-4-13-8(12)11-7/h1-3,7H,4H2,(H,11,12). The number of carbonyl (C=O) groups is 1. The van der Waals surface area contributed by atoms with Gasteiger partial charge in [-0.05, 0) is 27.6 Å². The molecule has 0 spiro atoms. The molecule has 1 fully saturated rings. The molecule has 0 aliphatic carbocycles. The van der Waals surface area contributed by atoms with Gasteiger partial charge in [0.2, 0.25) is 0 Å². The molecule has 2 heterocycles. The second kappa shape index (κ2) is 3.33.